The van der Waals surface area contributed by atoms with E-state index in [-0.39, 0.29) is 28.5 Å². The summed E-state index contributed by atoms with van der Waals surface area (Å²) in [4.78, 5) is 21.1. The number of benzene rings is 3. The molecular weight excluding hydrogens is 498 g/mol. The predicted molar refractivity (Wildman–Crippen MR) is 156 cm³/mol. The van der Waals surface area contributed by atoms with Crippen molar-refractivity contribution < 1.29 is 14.6 Å². The minimum atomic E-state index is -0.177. The third kappa shape index (κ3) is 4.72. The molecule has 1 aliphatic heterocycles. The van der Waals surface area contributed by atoms with E-state index >= 15 is 0 Å². The van der Waals surface area contributed by atoms with E-state index in [2.05, 4.69) is 37.7 Å². The number of rotatable bonds is 8. The number of hydrogen-bond acceptors (Lipinski definition) is 4. The summed E-state index contributed by atoms with van der Waals surface area (Å²) in [6.07, 6.45) is 1.07. The number of nitrogens with one attached hydrogen (secondary N) is 1. The number of anilines is 1. The number of aromatic amines is 1. The van der Waals surface area contributed by atoms with Gasteiger partial charge in [-0.1, -0.05) is 31.2 Å². The molecule has 1 aliphatic rings. The van der Waals surface area contributed by atoms with Crippen molar-refractivity contribution in [1.82, 2.24) is 9.88 Å². The van der Waals surface area contributed by atoms with Crippen LogP contribution in [-0.2, 0) is 0 Å². The third-order valence-corrected chi connectivity index (χ3v) is 8.60. The highest BCUT2D eigenvalue weighted by Crippen LogP contribution is 2.47. The van der Waals surface area contributed by atoms with Crippen LogP contribution in [0.15, 0.2) is 54.6 Å². The molecule has 0 saturated carbocycles. The quantitative estimate of drug-likeness (QED) is 0.242. The maximum absolute atomic E-state index is 13.8. The van der Waals surface area contributed by atoms with Crippen molar-refractivity contribution in [3.63, 3.8) is 0 Å². The van der Waals surface area contributed by atoms with E-state index < -0.39 is 0 Å². The van der Waals surface area contributed by atoms with Crippen molar-refractivity contribution in [3.05, 3.63) is 65.9 Å². The molecule has 0 radical (unpaired) electrons. The Balaban J connectivity index is 1.40. The minimum Gasteiger partial charge on any atom is -0.507 e. The Morgan fingerprint density at radius 2 is 1.95 bits per heavy atom. The average molecular weight is 534 g/mol. The Morgan fingerprint density at radius 3 is 2.66 bits per heavy atom. The minimum absolute atomic E-state index is 0.0404. The maximum Gasteiger partial charge on any atom is 0.274 e. The monoisotopic (exact) mass is 533 g/mol. The number of alkyl halides is 1. The molecule has 2 N–H and O–H groups in total. The molecule has 2 heterocycles. The lowest BCUT2D eigenvalue weighted by Crippen LogP contribution is -2.42. The lowest BCUT2D eigenvalue weighted by molar-refractivity contribution is 0.0984. The van der Waals surface area contributed by atoms with E-state index in [4.69, 9.17) is 16.3 Å². The Kier molecular flexibility index (Phi) is 7.05. The molecule has 0 fully saturated rings. The van der Waals surface area contributed by atoms with Crippen molar-refractivity contribution >= 4 is 44.9 Å². The number of carbonyl (C=O) groups is 1. The van der Waals surface area contributed by atoms with Gasteiger partial charge in [0, 0.05) is 52.3 Å². The van der Waals surface area contributed by atoms with Crippen LogP contribution >= 0.6 is 11.6 Å². The van der Waals surface area contributed by atoms with Gasteiger partial charge in [-0.05, 0) is 69.5 Å². The fourth-order valence-electron chi connectivity index (χ4n) is 5.27. The average Bonchev–Trinajstić information content (AvgIpc) is 3.50. The van der Waals surface area contributed by atoms with E-state index in [0.29, 0.717) is 24.5 Å². The van der Waals surface area contributed by atoms with Crippen LogP contribution in [0.2, 0.25) is 0 Å². The summed E-state index contributed by atoms with van der Waals surface area (Å²) in [5, 5.41) is 13.2. The van der Waals surface area contributed by atoms with Gasteiger partial charge in [0.2, 0.25) is 0 Å². The zero-order valence-corrected chi connectivity index (χ0v) is 23.5. The van der Waals surface area contributed by atoms with Crippen LogP contribution in [0.3, 0.4) is 0 Å². The van der Waals surface area contributed by atoms with Crippen LogP contribution in [0.4, 0.5) is 5.69 Å². The number of ether oxygens (including phenoxy) is 1. The molecule has 0 saturated heterocycles. The summed E-state index contributed by atoms with van der Waals surface area (Å²) >= 11 is 6.62. The molecule has 38 heavy (non-hydrogen) atoms. The summed E-state index contributed by atoms with van der Waals surface area (Å²) in [5.41, 5.74) is 3.21. The molecule has 1 amide bonds. The zero-order valence-electron chi connectivity index (χ0n) is 22.7. The number of hydrogen-bond donors (Lipinski definition) is 2. The Hall–Kier alpha value is -3.22. The van der Waals surface area contributed by atoms with Gasteiger partial charge in [-0.3, -0.25) is 9.69 Å². The molecule has 0 unspecified atom stereocenters. The van der Waals surface area contributed by atoms with Crippen LogP contribution in [0.1, 0.15) is 56.1 Å². The van der Waals surface area contributed by atoms with Crippen LogP contribution in [0.5, 0.6) is 11.5 Å². The fourth-order valence-corrected chi connectivity index (χ4v) is 5.47. The van der Waals surface area contributed by atoms with Gasteiger partial charge < -0.3 is 19.7 Å². The van der Waals surface area contributed by atoms with Gasteiger partial charge in [0.1, 0.15) is 23.8 Å². The Labute approximate surface area is 229 Å². The number of aromatic nitrogens is 1. The van der Waals surface area contributed by atoms with Gasteiger partial charge in [0.15, 0.2) is 0 Å². The molecule has 0 spiro atoms. The van der Waals surface area contributed by atoms with Crippen LogP contribution in [0, 0.1) is 0 Å². The largest absolute Gasteiger partial charge is 0.507 e. The number of phenols is 1. The zero-order chi connectivity index (χ0) is 27.2. The van der Waals surface area contributed by atoms with Crippen molar-refractivity contribution in [2.45, 2.75) is 50.9 Å². The molecule has 3 aromatic carbocycles. The number of fused-ring (bicyclic) bond motifs is 4. The smallest absolute Gasteiger partial charge is 0.274 e. The summed E-state index contributed by atoms with van der Waals surface area (Å²) in [6, 6.07) is 17.1. The SMILES string of the molecule is CCC(C)(C)N(C)CCOc1ccc2[nH]c(C(=O)N3C[C@@H]([C@@H](C)Cl)c4c3cc(O)c3ccccc43)cc2c1. The highest BCUT2D eigenvalue weighted by atomic mass is 35.5. The van der Waals surface area contributed by atoms with E-state index in [1.54, 1.807) is 11.0 Å². The topological polar surface area (TPSA) is 68.8 Å². The molecule has 5 rings (SSSR count). The maximum atomic E-state index is 13.8. The molecular formula is C31H36ClN3O3. The van der Waals surface area contributed by atoms with Crippen molar-refractivity contribution in [2.75, 3.05) is 31.6 Å². The number of carbonyl (C=O) groups excluding carboxylic acids is 1. The molecule has 6 nitrogen and oxygen atoms in total. The molecule has 0 bridgehead atoms. The summed E-state index contributed by atoms with van der Waals surface area (Å²) < 4.78 is 6.04. The number of phenolic OH excluding ortho intramolecular Hbond substituents is 1. The fraction of sp³-hybridized carbons (Fsp3) is 0.387. The highest BCUT2D eigenvalue weighted by Gasteiger charge is 2.37. The van der Waals surface area contributed by atoms with Gasteiger partial charge in [-0.25, -0.2) is 0 Å². The molecule has 200 valence electrons. The summed E-state index contributed by atoms with van der Waals surface area (Å²) in [5.74, 6) is 0.743. The van der Waals surface area contributed by atoms with Gasteiger partial charge in [-0.15, -0.1) is 11.6 Å². The standard InChI is InChI=1S/C31H36ClN3O3/c1-6-31(3,4)34(5)13-14-38-21-11-12-25-20(15-21)16-26(33-25)30(37)35-18-24(19(2)32)29-23-10-8-7-9-22(23)28(36)17-27(29)35/h7-12,15-17,19,24,33,36H,6,13-14,18H2,1-5H3/t19-,24+/m1/s1. The molecule has 4 aromatic rings. The molecule has 7 heteroatoms. The molecule has 2 atom stereocenters. The van der Waals surface area contributed by atoms with Gasteiger partial charge >= 0.3 is 0 Å². The number of likely N-dealkylation sites (N-methyl/N-ethyl adjacent to an activating group) is 1. The first-order valence-corrected chi connectivity index (χ1v) is 13.7. The number of H-pyrrole nitrogens is 1. The van der Waals surface area contributed by atoms with Gasteiger partial charge in [0.25, 0.3) is 5.91 Å². The predicted octanol–water partition coefficient (Wildman–Crippen LogP) is 6.90. The normalized spacial score (nSPS) is 16.4. The van der Waals surface area contributed by atoms with Crippen molar-refractivity contribution in [3.8, 4) is 11.5 Å². The van der Waals surface area contributed by atoms with E-state index in [0.717, 1.165) is 46.0 Å². The lowest BCUT2D eigenvalue weighted by atomic mass is 9.92. The van der Waals surface area contributed by atoms with Crippen LogP contribution < -0.4 is 9.64 Å². The van der Waals surface area contributed by atoms with Crippen molar-refractivity contribution in [2.24, 2.45) is 0 Å². The van der Waals surface area contributed by atoms with E-state index in [9.17, 15) is 9.90 Å². The van der Waals surface area contributed by atoms with Crippen molar-refractivity contribution in [1.29, 1.82) is 0 Å². The Morgan fingerprint density at radius 1 is 1.21 bits per heavy atom. The van der Waals surface area contributed by atoms with Crippen LogP contribution in [-0.4, -0.2) is 58.6 Å². The van der Waals surface area contributed by atoms with Gasteiger partial charge in [-0.2, -0.15) is 0 Å². The highest BCUT2D eigenvalue weighted by molar-refractivity contribution is 6.22. The second kappa shape index (κ2) is 10.2. The summed E-state index contributed by atoms with van der Waals surface area (Å²) in [7, 11) is 2.12. The van der Waals surface area contributed by atoms with E-state index in [1.807, 2.05) is 55.5 Å². The van der Waals surface area contributed by atoms with Gasteiger partial charge in [0.05, 0.1) is 5.69 Å². The second-order valence-electron chi connectivity index (χ2n) is 10.9. The second-order valence-corrected chi connectivity index (χ2v) is 11.6. The van der Waals surface area contributed by atoms with Crippen LogP contribution in [0.25, 0.3) is 21.7 Å². The first-order chi connectivity index (χ1) is 18.1. The number of nitrogens with zero attached hydrogens (tertiary/aromatic N) is 2. The molecule has 1 aromatic heterocycles. The summed E-state index contributed by atoms with van der Waals surface area (Å²) in [6.45, 7) is 10.5. The third-order valence-electron chi connectivity index (χ3n) is 8.30. The number of amides is 1. The first-order valence-electron chi connectivity index (χ1n) is 13.3. The Bertz CT molecular complexity index is 1490. The van der Waals surface area contributed by atoms with E-state index in [1.165, 1.54) is 0 Å². The lowest BCUT2D eigenvalue weighted by Gasteiger charge is -2.34. The molecule has 0 aliphatic carbocycles. The number of aromatic hydroxyl groups is 1. The first kappa shape index (κ1) is 26.4. The number of halogens is 1.